The number of rotatable bonds is 11. The van der Waals surface area contributed by atoms with Crippen LogP contribution in [0.5, 0.6) is 0 Å². The summed E-state index contributed by atoms with van der Waals surface area (Å²) in [6.07, 6.45) is 0.723. The molecule has 10 nitrogen and oxygen atoms in total. The molecule has 39 heavy (non-hydrogen) atoms. The second kappa shape index (κ2) is 12.3. The van der Waals surface area contributed by atoms with Gasteiger partial charge in [0.15, 0.2) is 0 Å². The third-order valence-electron chi connectivity index (χ3n) is 6.51. The average Bonchev–Trinajstić information content (AvgIpc) is 3.52. The molecule has 0 saturated carbocycles. The maximum absolute atomic E-state index is 13.5. The maximum Gasteiger partial charge on any atom is 0.475 e. The van der Waals surface area contributed by atoms with E-state index in [-0.39, 0.29) is 31.2 Å². The van der Waals surface area contributed by atoms with Crippen molar-refractivity contribution in [3.05, 3.63) is 83.7 Å². The number of hydrogen-bond donors (Lipinski definition) is 4. The van der Waals surface area contributed by atoms with E-state index in [1.807, 2.05) is 81.4 Å². The van der Waals surface area contributed by atoms with Crippen molar-refractivity contribution in [2.75, 3.05) is 6.54 Å². The number of hydrogen-bond acceptors (Lipinski definition) is 7. The van der Waals surface area contributed by atoms with Crippen LogP contribution in [0.1, 0.15) is 48.4 Å². The largest absolute Gasteiger partial charge is 0.475 e. The van der Waals surface area contributed by atoms with Gasteiger partial charge >= 0.3 is 7.12 Å². The monoisotopic (exact) mass is 531 g/mol. The van der Waals surface area contributed by atoms with Crippen LogP contribution in [0.15, 0.2) is 71.9 Å². The highest BCUT2D eigenvalue weighted by atomic mass is 16.7. The van der Waals surface area contributed by atoms with Gasteiger partial charge in [0.1, 0.15) is 5.69 Å². The number of nitrogens with zero attached hydrogens (tertiary/aromatic N) is 3. The second-order valence-electron chi connectivity index (χ2n) is 10.3. The number of amides is 2. The van der Waals surface area contributed by atoms with Crippen LogP contribution < -0.4 is 10.6 Å². The Morgan fingerprint density at radius 2 is 1.77 bits per heavy atom. The number of benzene rings is 2. The summed E-state index contributed by atoms with van der Waals surface area (Å²) in [6.45, 7) is 5.75. The highest BCUT2D eigenvalue weighted by Gasteiger charge is 2.48. The number of nitrogens with one attached hydrogen (secondary N) is 2. The lowest BCUT2D eigenvalue weighted by Gasteiger charge is -2.29. The molecular weight excluding hydrogens is 497 g/mol. The van der Waals surface area contributed by atoms with Gasteiger partial charge in [0.25, 0.3) is 11.8 Å². The van der Waals surface area contributed by atoms with E-state index in [1.54, 1.807) is 10.7 Å². The lowest BCUT2D eigenvalue weighted by atomic mass is 9.74. The van der Waals surface area contributed by atoms with E-state index in [1.165, 1.54) is 0 Å². The summed E-state index contributed by atoms with van der Waals surface area (Å²) in [5, 5.41) is 33.9. The zero-order valence-electron chi connectivity index (χ0n) is 22.4. The van der Waals surface area contributed by atoms with Crippen LogP contribution in [0.25, 0.3) is 5.69 Å². The molecule has 0 saturated heterocycles. The standard InChI is InChI=1S/C28H34BN5O5/c1-19(2)14-25(29(37)38)31-27(36)28(16-21-10-6-4-7-11-21)17-22(33-39-28)18-30-26(35)24-15-20(3)32-34(24)23-12-8-5-9-13-23/h4-13,15,19,25,37-38H,14,16-18H2,1-3H3,(H,30,35)(H,31,36). The molecule has 2 atom stereocenters. The van der Waals surface area contributed by atoms with Crippen LogP contribution in [-0.2, 0) is 16.1 Å². The Balaban J connectivity index is 1.48. The van der Waals surface area contributed by atoms with Crippen molar-refractivity contribution in [2.24, 2.45) is 11.1 Å². The van der Waals surface area contributed by atoms with Crippen LogP contribution in [0, 0.1) is 12.8 Å². The summed E-state index contributed by atoms with van der Waals surface area (Å²) in [5.41, 5.74) is 1.79. The highest BCUT2D eigenvalue weighted by molar-refractivity contribution is 6.43. The van der Waals surface area contributed by atoms with E-state index in [0.717, 1.165) is 11.3 Å². The molecule has 0 bridgehead atoms. The van der Waals surface area contributed by atoms with Crippen molar-refractivity contribution >= 4 is 24.6 Å². The molecular formula is C28H34BN5O5. The molecule has 0 spiro atoms. The van der Waals surface area contributed by atoms with Gasteiger partial charge in [-0.2, -0.15) is 5.10 Å². The van der Waals surface area contributed by atoms with Crippen molar-refractivity contribution in [3.63, 3.8) is 0 Å². The molecule has 2 aromatic carbocycles. The summed E-state index contributed by atoms with van der Waals surface area (Å²) in [7, 11) is -1.72. The van der Waals surface area contributed by atoms with Crippen LogP contribution in [-0.4, -0.2) is 62.6 Å². The normalized spacial score (nSPS) is 17.3. The predicted octanol–water partition coefficient (Wildman–Crippen LogP) is 2.21. The molecule has 1 aliphatic heterocycles. The quantitative estimate of drug-likeness (QED) is 0.280. The SMILES string of the molecule is Cc1cc(C(=O)NCC2=NOC(Cc3ccccc3)(C(=O)NC(CC(C)C)B(O)O)C2)n(-c2ccccc2)n1. The van der Waals surface area contributed by atoms with Gasteiger partial charge in [-0.3, -0.25) is 9.59 Å². The van der Waals surface area contributed by atoms with E-state index in [9.17, 15) is 19.6 Å². The Hall–Kier alpha value is -3.96. The third-order valence-corrected chi connectivity index (χ3v) is 6.51. The van der Waals surface area contributed by atoms with Crippen molar-refractivity contribution in [2.45, 2.75) is 51.6 Å². The fourth-order valence-corrected chi connectivity index (χ4v) is 4.63. The lowest BCUT2D eigenvalue weighted by Crippen LogP contribution is -2.56. The van der Waals surface area contributed by atoms with E-state index in [4.69, 9.17) is 4.84 Å². The van der Waals surface area contributed by atoms with Gasteiger partial charge in [-0.1, -0.05) is 67.5 Å². The molecule has 2 amide bonds. The number of aromatic nitrogens is 2. The van der Waals surface area contributed by atoms with E-state index in [2.05, 4.69) is 20.9 Å². The van der Waals surface area contributed by atoms with Crippen LogP contribution in [0.4, 0.5) is 0 Å². The molecule has 4 N–H and O–H groups in total. The Kier molecular flexibility index (Phi) is 8.83. The van der Waals surface area contributed by atoms with Crippen molar-refractivity contribution < 1.29 is 24.5 Å². The minimum atomic E-state index is -1.72. The first-order chi connectivity index (χ1) is 18.7. The van der Waals surface area contributed by atoms with Gasteiger partial charge < -0.3 is 25.5 Å². The Morgan fingerprint density at radius 3 is 2.41 bits per heavy atom. The van der Waals surface area contributed by atoms with Crippen molar-refractivity contribution in [1.29, 1.82) is 0 Å². The molecule has 1 aliphatic rings. The van der Waals surface area contributed by atoms with Crippen molar-refractivity contribution in [1.82, 2.24) is 20.4 Å². The second-order valence-corrected chi connectivity index (χ2v) is 10.3. The van der Waals surface area contributed by atoms with Gasteiger partial charge in [-0.15, -0.1) is 0 Å². The molecule has 0 fully saturated rings. The number of carbonyl (C=O) groups excluding carboxylic acids is 2. The maximum atomic E-state index is 13.5. The smallest absolute Gasteiger partial charge is 0.426 e. The van der Waals surface area contributed by atoms with Gasteiger partial charge in [0.05, 0.1) is 29.6 Å². The molecule has 204 valence electrons. The Morgan fingerprint density at radius 1 is 1.10 bits per heavy atom. The molecule has 4 rings (SSSR count). The molecule has 2 unspecified atom stereocenters. The van der Waals surface area contributed by atoms with E-state index < -0.39 is 24.6 Å². The summed E-state index contributed by atoms with van der Waals surface area (Å²) in [4.78, 5) is 32.4. The van der Waals surface area contributed by atoms with Crippen molar-refractivity contribution in [3.8, 4) is 5.69 Å². The number of oxime groups is 1. The molecule has 0 radical (unpaired) electrons. The Bertz CT molecular complexity index is 1310. The van der Waals surface area contributed by atoms with Gasteiger partial charge in [0.2, 0.25) is 5.60 Å². The predicted molar refractivity (Wildman–Crippen MR) is 148 cm³/mol. The Labute approximate surface area is 228 Å². The third kappa shape index (κ3) is 6.93. The highest BCUT2D eigenvalue weighted by Crippen LogP contribution is 2.29. The number of aryl methyl sites for hydroxylation is 1. The van der Waals surface area contributed by atoms with E-state index in [0.29, 0.717) is 23.5 Å². The minimum Gasteiger partial charge on any atom is -0.426 e. The van der Waals surface area contributed by atoms with Crippen LogP contribution in [0.3, 0.4) is 0 Å². The summed E-state index contributed by atoms with van der Waals surface area (Å²) < 4.78 is 1.58. The molecule has 11 heteroatoms. The van der Waals surface area contributed by atoms with E-state index >= 15 is 0 Å². The van der Waals surface area contributed by atoms with Crippen LogP contribution >= 0.6 is 0 Å². The molecule has 1 aromatic heterocycles. The number of carbonyl (C=O) groups is 2. The van der Waals surface area contributed by atoms with Gasteiger partial charge in [-0.25, -0.2) is 4.68 Å². The van der Waals surface area contributed by atoms with Gasteiger partial charge in [-0.05, 0) is 43.0 Å². The lowest BCUT2D eigenvalue weighted by molar-refractivity contribution is -0.144. The molecule has 3 aromatic rings. The fraction of sp³-hybridized carbons (Fsp3) is 0.357. The summed E-state index contributed by atoms with van der Waals surface area (Å²) in [6, 6.07) is 20.5. The molecule has 2 heterocycles. The minimum absolute atomic E-state index is 0.0692. The first-order valence-electron chi connectivity index (χ1n) is 13.0. The van der Waals surface area contributed by atoms with Gasteiger partial charge in [0, 0.05) is 12.8 Å². The first kappa shape index (κ1) is 28.1. The summed E-state index contributed by atoms with van der Waals surface area (Å²) >= 11 is 0. The zero-order chi connectivity index (χ0) is 28.0. The fourth-order valence-electron chi connectivity index (χ4n) is 4.63. The molecule has 0 aliphatic carbocycles. The topological polar surface area (TPSA) is 138 Å². The number of para-hydroxylation sites is 1. The average molecular weight is 531 g/mol. The zero-order valence-corrected chi connectivity index (χ0v) is 22.4. The van der Waals surface area contributed by atoms with Crippen LogP contribution in [0.2, 0.25) is 0 Å². The summed E-state index contributed by atoms with van der Waals surface area (Å²) in [5.74, 6) is -1.57. The first-order valence-corrected chi connectivity index (χ1v) is 13.0.